The van der Waals surface area contributed by atoms with E-state index in [1.54, 1.807) is 0 Å². The van der Waals surface area contributed by atoms with Crippen LogP contribution in [0.25, 0.3) is 11.1 Å². The lowest BCUT2D eigenvalue weighted by molar-refractivity contribution is 0.646. The van der Waals surface area contributed by atoms with Crippen LogP contribution in [-0.2, 0) is 6.42 Å². The maximum absolute atomic E-state index is 5.09. The molecule has 2 rings (SSSR count). The summed E-state index contributed by atoms with van der Waals surface area (Å²) in [6.45, 7) is 2.23. The second-order valence-corrected chi connectivity index (χ2v) is 4.68. The van der Waals surface area contributed by atoms with Gasteiger partial charge in [-0.2, -0.15) is 0 Å². The first kappa shape index (κ1) is 13.1. The van der Waals surface area contributed by atoms with Crippen LogP contribution >= 0.6 is 9.47 Å². The van der Waals surface area contributed by atoms with Gasteiger partial charge in [0.25, 0.3) is 0 Å². The van der Waals surface area contributed by atoms with Crippen molar-refractivity contribution in [2.45, 2.75) is 26.2 Å². The van der Waals surface area contributed by atoms with E-state index in [2.05, 4.69) is 52.8 Å². The lowest BCUT2D eigenvalue weighted by Gasteiger charge is -2.05. The maximum atomic E-state index is 5.09. The predicted molar refractivity (Wildman–Crippen MR) is 80.8 cm³/mol. The molecule has 0 radical (unpaired) electrons. The second kappa shape index (κ2) is 6.56. The minimum atomic E-state index is 0.864. The molecule has 0 saturated carbocycles. The summed E-state index contributed by atoms with van der Waals surface area (Å²) >= 11 is 0. The van der Waals surface area contributed by atoms with Gasteiger partial charge in [0.2, 0.25) is 0 Å². The van der Waals surface area contributed by atoms with Gasteiger partial charge < -0.3 is 4.52 Å². The number of unbranched alkanes of at least 4 members (excludes halogenated alkanes) is 1. The van der Waals surface area contributed by atoms with Crippen LogP contribution < -0.4 is 4.52 Å². The van der Waals surface area contributed by atoms with Crippen LogP contribution in [0.2, 0.25) is 0 Å². The van der Waals surface area contributed by atoms with Crippen LogP contribution in [0, 0.1) is 0 Å². The van der Waals surface area contributed by atoms with Gasteiger partial charge in [0.1, 0.15) is 5.75 Å². The van der Waals surface area contributed by atoms with E-state index in [0.29, 0.717) is 0 Å². The third-order valence-electron chi connectivity index (χ3n) is 3.10. The Labute approximate surface area is 111 Å². The Morgan fingerprint density at radius 2 is 1.44 bits per heavy atom. The van der Waals surface area contributed by atoms with E-state index >= 15 is 0 Å². The average molecular weight is 258 g/mol. The van der Waals surface area contributed by atoms with E-state index in [0.717, 1.165) is 5.75 Å². The fourth-order valence-electron chi connectivity index (χ4n) is 1.97. The normalized spacial score (nSPS) is 10.3. The average Bonchev–Trinajstić information content (AvgIpc) is 2.46. The highest BCUT2D eigenvalue weighted by Gasteiger charge is 1.99. The molecular formula is C16H19OP. The van der Waals surface area contributed by atoms with Gasteiger partial charge in [-0.25, -0.2) is 0 Å². The van der Waals surface area contributed by atoms with Crippen LogP contribution in [0.4, 0.5) is 0 Å². The summed E-state index contributed by atoms with van der Waals surface area (Å²) in [5.74, 6) is 0.864. The van der Waals surface area contributed by atoms with Crippen molar-refractivity contribution in [3.63, 3.8) is 0 Å². The zero-order valence-corrected chi connectivity index (χ0v) is 11.9. The van der Waals surface area contributed by atoms with Crippen LogP contribution in [-0.4, -0.2) is 0 Å². The Bertz CT molecular complexity index is 473. The summed E-state index contributed by atoms with van der Waals surface area (Å²) in [5.41, 5.74) is 3.90. The summed E-state index contributed by atoms with van der Waals surface area (Å²) in [6, 6.07) is 17.0. The molecule has 0 spiro atoms. The van der Waals surface area contributed by atoms with Crippen molar-refractivity contribution in [2.24, 2.45) is 0 Å². The molecule has 0 saturated heterocycles. The third kappa shape index (κ3) is 3.34. The minimum Gasteiger partial charge on any atom is -0.480 e. The Balaban J connectivity index is 2.12. The summed E-state index contributed by atoms with van der Waals surface area (Å²) in [5, 5.41) is 0. The molecule has 18 heavy (non-hydrogen) atoms. The molecule has 0 aromatic heterocycles. The number of hydrogen-bond acceptors (Lipinski definition) is 1. The first-order valence-electron chi connectivity index (χ1n) is 6.39. The SMILES string of the molecule is CCCCc1ccc(-c2ccc(OP)cc2)cc1. The van der Waals surface area contributed by atoms with E-state index in [4.69, 9.17) is 4.52 Å². The summed E-state index contributed by atoms with van der Waals surface area (Å²) in [7, 11) is 2.26. The molecule has 2 aromatic carbocycles. The summed E-state index contributed by atoms with van der Waals surface area (Å²) in [4.78, 5) is 0. The molecule has 0 amide bonds. The molecular weight excluding hydrogens is 239 g/mol. The third-order valence-corrected chi connectivity index (χ3v) is 3.37. The Kier molecular flexibility index (Phi) is 4.78. The first-order chi connectivity index (χ1) is 8.83. The second-order valence-electron chi connectivity index (χ2n) is 4.44. The van der Waals surface area contributed by atoms with E-state index in [9.17, 15) is 0 Å². The molecule has 0 aliphatic rings. The van der Waals surface area contributed by atoms with Crippen molar-refractivity contribution < 1.29 is 4.52 Å². The zero-order chi connectivity index (χ0) is 12.8. The molecule has 0 N–H and O–H groups in total. The van der Waals surface area contributed by atoms with Gasteiger partial charge in [-0.05, 0) is 41.7 Å². The number of hydrogen-bond donors (Lipinski definition) is 0. The Morgan fingerprint density at radius 1 is 0.889 bits per heavy atom. The molecule has 0 heterocycles. The van der Waals surface area contributed by atoms with E-state index in [-0.39, 0.29) is 0 Å². The molecule has 0 aliphatic carbocycles. The maximum Gasteiger partial charge on any atom is 0.122 e. The Hall–Kier alpha value is -1.33. The molecule has 2 aromatic rings. The Morgan fingerprint density at radius 3 is 1.94 bits per heavy atom. The van der Waals surface area contributed by atoms with Crippen LogP contribution in [0.3, 0.4) is 0 Å². The predicted octanol–water partition coefficient (Wildman–Crippen LogP) is 4.87. The monoisotopic (exact) mass is 258 g/mol. The molecule has 2 heteroatoms. The summed E-state index contributed by atoms with van der Waals surface area (Å²) in [6.07, 6.45) is 3.69. The molecule has 94 valence electrons. The standard InChI is InChI=1S/C16H19OP/c1-2-3-4-13-5-7-14(8-6-13)15-9-11-16(17-18)12-10-15/h5-12H,2-4,18H2,1H3. The first-order valence-corrected chi connectivity index (χ1v) is 6.86. The lowest BCUT2D eigenvalue weighted by Crippen LogP contribution is -1.85. The molecule has 0 fully saturated rings. The number of benzene rings is 2. The smallest absolute Gasteiger partial charge is 0.122 e. The zero-order valence-electron chi connectivity index (χ0n) is 10.7. The van der Waals surface area contributed by atoms with Crippen molar-refractivity contribution in [3.8, 4) is 16.9 Å². The van der Waals surface area contributed by atoms with E-state index in [1.807, 2.05) is 12.1 Å². The van der Waals surface area contributed by atoms with Gasteiger partial charge in [0.05, 0.1) is 9.47 Å². The quantitative estimate of drug-likeness (QED) is 0.695. The number of rotatable bonds is 5. The van der Waals surface area contributed by atoms with E-state index in [1.165, 1.54) is 36.0 Å². The highest BCUT2D eigenvalue weighted by atomic mass is 31.0. The van der Waals surface area contributed by atoms with Gasteiger partial charge in [0.15, 0.2) is 0 Å². The van der Waals surface area contributed by atoms with Gasteiger partial charge in [0, 0.05) is 0 Å². The largest absolute Gasteiger partial charge is 0.480 e. The minimum absolute atomic E-state index is 0.864. The number of aryl methyl sites for hydroxylation is 1. The van der Waals surface area contributed by atoms with Crippen LogP contribution in [0.5, 0.6) is 5.75 Å². The van der Waals surface area contributed by atoms with Gasteiger partial charge >= 0.3 is 0 Å². The highest BCUT2D eigenvalue weighted by Crippen LogP contribution is 2.23. The van der Waals surface area contributed by atoms with Crippen LogP contribution in [0.1, 0.15) is 25.3 Å². The molecule has 1 nitrogen and oxygen atoms in total. The summed E-state index contributed by atoms with van der Waals surface area (Å²) < 4.78 is 5.09. The van der Waals surface area contributed by atoms with Crippen LogP contribution in [0.15, 0.2) is 48.5 Å². The fourth-order valence-corrected chi connectivity index (χ4v) is 2.13. The van der Waals surface area contributed by atoms with Crippen molar-refractivity contribution in [1.29, 1.82) is 0 Å². The van der Waals surface area contributed by atoms with Crippen molar-refractivity contribution in [2.75, 3.05) is 0 Å². The van der Waals surface area contributed by atoms with Gasteiger partial charge in [-0.1, -0.05) is 49.7 Å². The highest BCUT2D eigenvalue weighted by molar-refractivity contribution is 7.10. The molecule has 0 bridgehead atoms. The van der Waals surface area contributed by atoms with Crippen molar-refractivity contribution in [1.82, 2.24) is 0 Å². The van der Waals surface area contributed by atoms with Gasteiger partial charge in [-0.15, -0.1) is 0 Å². The molecule has 1 atom stereocenters. The van der Waals surface area contributed by atoms with Crippen molar-refractivity contribution in [3.05, 3.63) is 54.1 Å². The van der Waals surface area contributed by atoms with Crippen molar-refractivity contribution >= 4 is 9.47 Å². The van der Waals surface area contributed by atoms with Gasteiger partial charge in [-0.3, -0.25) is 0 Å². The molecule has 0 aliphatic heterocycles. The molecule has 1 unspecified atom stereocenters. The topological polar surface area (TPSA) is 9.23 Å². The fraction of sp³-hybridized carbons (Fsp3) is 0.250. The lowest BCUT2D eigenvalue weighted by atomic mass is 10.0. The van der Waals surface area contributed by atoms with E-state index < -0.39 is 0 Å².